The summed E-state index contributed by atoms with van der Waals surface area (Å²) in [6, 6.07) is 13.7. The van der Waals surface area contributed by atoms with Crippen LogP contribution >= 0.6 is 11.6 Å². The molecule has 5 nitrogen and oxygen atoms in total. The Morgan fingerprint density at radius 3 is 2.57 bits per heavy atom. The Bertz CT molecular complexity index is 704. The zero-order valence-corrected chi connectivity index (χ0v) is 13.4. The van der Waals surface area contributed by atoms with Crippen LogP contribution in [0.25, 0.3) is 0 Å². The number of anilines is 1. The molecule has 1 atom stereocenters. The fourth-order valence-corrected chi connectivity index (χ4v) is 2.57. The van der Waals surface area contributed by atoms with Crippen LogP contribution in [-0.4, -0.2) is 10.8 Å². The van der Waals surface area contributed by atoms with Gasteiger partial charge in [0.25, 0.3) is 5.69 Å². The topological polar surface area (TPSA) is 72.2 Å². The molecule has 1 amide bonds. The van der Waals surface area contributed by atoms with Crippen molar-refractivity contribution in [3.05, 3.63) is 69.2 Å². The average molecular weight is 333 g/mol. The number of hydrogen-bond acceptors (Lipinski definition) is 3. The minimum atomic E-state index is -0.571. The van der Waals surface area contributed by atoms with Gasteiger partial charge in [-0.15, -0.1) is 0 Å². The highest BCUT2D eigenvalue weighted by atomic mass is 35.5. The number of rotatable bonds is 6. The van der Waals surface area contributed by atoms with Crippen molar-refractivity contribution in [2.75, 3.05) is 5.32 Å². The zero-order valence-electron chi connectivity index (χ0n) is 12.7. The van der Waals surface area contributed by atoms with E-state index < -0.39 is 4.92 Å². The molecule has 120 valence electrons. The second-order valence-electron chi connectivity index (χ2n) is 5.16. The zero-order chi connectivity index (χ0) is 16.8. The number of halogens is 1. The first-order chi connectivity index (χ1) is 11.0. The van der Waals surface area contributed by atoms with Crippen LogP contribution in [0.2, 0.25) is 5.02 Å². The van der Waals surface area contributed by atoms with Crippen LogP contribution < -0.4 is 5.32 Å². The average Bonchev–Trinajstić information content (AvgIpc) is 2.54. The van der Waals surface area contributed by atoms with Gasteiger partial charge in [-0.2, -0.15) is 0 Å². The molecule has 0 fully saturated rings. The summed E-state index contributed by atoms with van der Waals surface area (Å²) in [7, 11) is 0. The van der Waals surface area contributed by atoms with Crippen LogP contribution in [0.3, 0.4) is 0 Å². The molecule has 2 aromatic rings. The number of nitro benzene ring substituents is 1. The van der Waals surface area contributed by atoms with Crippen LogP contribution in [0.5, 0.6) is 0 Å². The van der Waals surface area contributed by atoms with Crippen molar-refractivity contribution in [1.29, 1.82) is 0 Å². The molecule has 23 heavy (non-hydrogen) atoms. The third-order valence-electron chi connectivity index (χ3n) is 3.51. The number of nitrogens with zero attached hydrogens (tertiary/aromatic N) is 1. The Morgan fingerprint density at radius 1 is 1.26 bits per heavy atom. The highest BCUT2D eigenvalue weighted by Crippen LogP contribution is 2.29. The van der Waals surface area contributed by atoms with Crippen LogP contribution in [0, 0.1) is 10.1 Å². The Kier molecular flexibility index (Phi) is 5.71. The quantitative estimate of drug-likeness (QED) is 0.611. The van der Waals surface area contributed by atoms with Crippen LogP contribution in [-0.2, 0) is 4.79 Å². The molecule has 0 bridgehead atoms. The summed E-state index contributed by atoms with van der Waals surface area (Å²) in [5.74, 6) is -0.481. The van der Waals surface area contributed by atoms with Crippen molar-refractivity contribution in [3.8, 4) is 0 Å². The first-order valence-electron chi connectivity index (χ1n) is 7.32. The van der Waals surface area contributed by atoms with E-state index in [1.165, 1.54) is 12.1 Å². The Morgan fingerprint density at radius 2 is 1.96 bits per heavy atom. The van der Waals surface area contributed by atoms with E-state index in [2.05, 4.69) is 5.32 Å². The molecule has 0 aliphatic carbocycles. The number of hydrogen-bond donors (Lipinski definition) is 1. The summed E-state index contributed by atoms with van der Waals surface area (Å²) in [5, 5.41) is 13.7. The molecule has 1 unspecified atom stereocenters. The number of amides is 1. The van der Waals surface area contributed by atoms with E-state index >= 15 is 0 Å². The molecule has 0 saturated heterocycles. The lowest BCUT2D eigenvalue weighted by atomic mass is 9.93. The molecule has 0 saturated carbocycles. The van der Waals surface area contributed by atoms with Crippen LogP contribution in [0.15, 0.2) is 48.5 Å². The van der Waals surface area contributed by atoms with E-state index in [0.717, 1.165) is 12.0 Å². The second-order valence-corrected chi connectivity index (χ2v) is 5.57. The molecule has 0 aliphatic heterocycles. The van der Waals surface area contributed by atoms with Crippen molar-refractivity contribution in [1.82, 2.24) is 0 Å². The lowest BCUT2D eigenvalue weighted by Gasteiger charge is -2.16. The summed E-state index contributed by atoms with van der Waals surface area (Å²) in [6.45, 7) is 2.01. The van der Waals surface area contributed by atoms with Gasteiger partial charge in [0.1, 0.15) is 5.02 Å². The van der Waals surface area contributed by atoms with Gasteiger partial charge in [0.15, 0.2) is 0 Å². The predicted molar refractivity (Wildman–Crippen MR) is 90.8 cm³/mol. The molecule has 2 aromatic carbocycles. The Balaban J connectivity index is 2.22. The fourth-order valence-electron chi connectivity index (χ4n) is 2.38. The van der Waals surface area contributed by atoms with Crippen molar-refractivity contribution < 1.29 is 9.72 Å². The molecule has 0 heterocycles. The maximum absolute atomic E-state index is 12.6. The van der Waals surface area contributed by atoms with Crippen LogP contribution in [0.1, 0.15) is 31.2 Å². The van der Waals surface area contributed by atoms with E-state index in [1.807, 2.05) is 37.3 Å². The number of carbonyl (C=O) groups is 1. The van der Waals surface area contributed by atoms with E-state index in [1.54, 1.807) is 6.07 Å². The Labute approximate surface area is 139 Å². The van der Waals surface area contributed by atoms with Gasteiger partial charge < -0.3 is 5.32 Å². The molecular weight excluding hydrogens is 316 g/mol. The van der Waals surface area contributed by atoms with E-state index in [4.69, 9.17) is 11.6 Å². The van der Waals surface area contributed by atoms with Crippen molar-refractivity contribution in [2.24, 2.45) is 0 Å². The summed E-state index contributed by atoms with van der Waals surface area (Å²) in [6.07, 6.45) is 1.55. The minimum Gasteiger partial charge on any atom is -0.325 e. The highest BCUT2D eigenvalue weighted by Gasteiger charge is 2.21. The predicted octanol–water partition coefficient (Wildman–Crippen LogP) is 4.77. The molecule has 0 aliphatic rings. The monoisotopic (exact) mass is 332 g/mol. The summed E-state index contributed by atoms with van der Waals surface area (Å²) in [4.78, 5) is 22.9. The maximum Gasteiger partial charge on any atom is 0.289 e. The van der Waals surface area contributed by atoms with Gasteiger partial charge in [0, 0.05) is 11.8 Å². The van der Waals surface area contributed by atoms with Gasteiger partial charge in [-0.25, -0.2) is 0 Å². The summed E-state index contributed by atoms with van der Waals surface area (Å²) < 4.78 is 0. The largest absolute Gasteiger partial charge is 0.325 e. The highest BCUT2D eigenvalue weighted by molar-refractivity contribution is 6.32. The van der Waals surface area contributed by atoms with Gasteiger partial charge in [0.05, 0.1) is 10.8 Å². The molecular formula is C17H17ClN2O3. The van der Waals surface area contributed by atoms with Gasteiger partial charge >= 0.3 is 0 Å². The molecule has 0 aromatic heterocycles. The lowest BCUT2D eigenvalue weighted by molar-refractivity contribution is -0.384. The van der Waals surface area contributed by atoms with Crippen molar-refractivity contribution >= 4 is 28.9 Å². The normalized spacial score (nSPS) is 11.7. The third kappa shape index (κ3) is 4.29. The molecule has 1 N–H and O–H groups in total. The van der Waals surface area contributed by atoms with Crippen LogP contribution in [0.4, 0.5) is 11.4 Å². The van der Waals surface area contributed by atoms with E-state index in [0.29, 0.717) is 12.1 Å². The smallest absolute Gasteiger partial charge is 0.289 e. The lowest BCUT2D eigenvalue weighted by Crippen LogP contribution is -2.21. The third-order valence-corrected chi connectivity index (χ3v) is 3.83. The van der Waals surface area contributed by atoms with Gasteiger partial charge in [-0.3, -0.25) is 14.9 Å². The first-order valence-corrected chi connectivity index (χ1v) is 7.70. The SMILES string of the molecule is CCCC(C(=O)Nc1ccc(Cl)c([N+](=O)[O-])c1)c1ccccc1. The van der Waals surface area contributed by atoms with Gasteiger partial charge in [-0.1, -0.05) is 55.3 Å². The maximum atomic E-state index is 12.6. The molecule has 2 rings (SSSR count). The summed E-state index contributed by atoms with van der Waals surface area (Å²) in [5.41, 5.74) is 1.06. The minimum absolute atomic E-state index is 0.0427. The fraction of sp³-hybridized carbons (Fsp3) is 0.235. The van der Waals surface area contributed by atoms with E-state index in [9.17, 15) is 14.9 Å². The number of carbonyl (C=O) groups excluding carboxylic acids is 1. The van der Waals surface area contributed by atoms with Crippen molar-refractivity contribution in [2.45, 2.75) is 25.7 Å². The van der Waals surface area contributed by atoms with Gasteiger partial charge in [-0.05, 0) is 24.1 Å². The van der Waals surface area contributed by atoms with Crippen molar-refractivity contribution in [3.63, 3.8) is 0 Å². The van der Waals surface area contributed by atoms with E-state index in [-0.39, 0.29) is 22.5 Å². The molecule has 0 spiro atoms. The summed E-state index contributed by atoms with van der Waals surface area (Å²) >= 11 is 5.78. The standard InChI is InChI=1S/C17H17ClN2O3/c1-2-6-14(12-7-4-3-5-8-12)17(21)19-13-9-10-15(18)16(11-13)20(22)23/h3-5,7-11,14H,2,6H2,1H3,(H,19,21). The number of nitro groups is 1. The number of benzene rings is 2. The Hall–Kier alpha value is -2.40. The first kappa shape index (κ1) is 17.0. The molecule has 0 radical (unpaired) electrons. The second kappa shape index (κ2) is 7.74. The molecule has 6 heteroatoms. The number of nitrogens with one attached hydrogen (secondary N) is 1. The van der Waals surface area contributed by atoms with Gasteiger partial charge in [0.2, 0.25) is 5.91 Å².